The lowest BCUT2D eigenvalue weighted by molar-refractivity contribution is -0.0151. The highest BCUT2D eigenvalue weighted by molar-refractivity contribution is 8.00. The molecular weight excluding hydrogens is 530 g/mol. The van der Waals surface area contributed by atoms with Gasteiger partial charge in [0.05, 0.1) is 18.0 Å². The van der Waals surface area contributed by atoms with E-state index in [-0.39, 0.29) is 17.4 Å². The number of hydrogen-bond acceptors (Lipinski definition) is 7. The molecule has 3 aromatic heterocycles. The fourth-order valence-electron chi connectivity index (χ4n) is 4.38. The van der Waals surface area contributed by atoms with Gasteiger partial charge in [-0.15, -0.1) is 5.10 Å². The molecule has 4 aromatic rings. The van der Waals surface area contributed by atoms with Crippen molar-refractivity contribution < 1.29 is 13.5 Å². The first-order valence-corrected chi connectivity index (χ1v) is 14.3. The Morgan fingerprint density at radius 2 is 1.80 bits per heavy atom. The zero-order chi connectivity index (χ0) is 28.2. The Labute approximate surface area is 237 Å². The first-order chi connectivity index (χ1) is 19.2. The predicted molar refractivity (Wildman–Crippen MR) is 156 cm³/mol. The van der Waals surface area contributed by atoms with Crippen molar-refractivity contribution in [3.63, 3.8) is 0 Å². The number of nitrogens with one attached hydrogen (secondary N) is 2. The van der Waals surface area contributed by atoms with Gasteiger partial charge in [0.15, 0.2) is 0 Å². The third-order valence-corrected chi connectivity index (χ3v) is 7.12. The van der Waals surface area contributed by atoms with Crippen LogP contribution in [0.15, 0.2) is 71.9 Å². The largest absolute Gasteiger partial charge is 0.476 e. The lowest BCUT2D eigenvalue weighted by Crippen LogP contribution is -2.17. The van der Waals surface area contributed by atoms with Gasteiger partial charge in [0, 0.05) is 48.3 Å². The quantitative estimate of drug-likeness (QED) is 0.245. The second kappa shape index (κ2) is 11.8. The Kier molecular flexibility index (Phi) is 8.25. The summed E-state index contributed by atoms with van der Waals surface area (Å²) in [5.74, 6) is -1.29. The van der Waals surface area contributed by atoms with Gasteiger partial charge >= 0.3 is 0 Å². The third-order valence-electron chi connectivity index (χ3n) is 6.37. The Bertz CT molecular complexity index is 1450. The number of fused-ring (bicyclic) bond motifs is 6. The van der Waals surface area contributed by atoms with Crippen LogP contribution >= 0.6 is 11.9 Å². The summed E-state index contributed by atoms with van der Waals surface area (Å²) in [6.45, 7) is 7.42. The average molecular weight is 565 g/mol. The molecule has 0 spiro atoms. The minimum Gasteiger partial charge on any atom is -0.476 e. The van der Waals surface area contributed by atoms with E-state index >= 15 is 8.78 Å². The lowest BCUT2D eigenvalue weighted by atomic mass is 9.94. The number of pyridine rings is 2. The van der Waals surface area contributed by atoms with Gasteiger partial charge in [-0.25, -0.2) is 23.4 Å². The van der Waals surface area contributed by atoms with Crippen LogP contribution in [0.25, 0.3) is 16.9 Å². The van der Waals surface area contributed by atoms with Crippen LogP contribution in [0.4, 0.5) is 20.4 Å². The van der Waals surface area contributed by atoms with E-state index in [2.05, 4.69) is 40.9 Å². The summed E-state index contributed by atoms with van der Waals surface area (Å²) in [6, 6.07) is 17.8. The Morgan fingerprint density at radius 3 is 2.65 bits per heavy atom. The van der Waals surface area contributed by atoms with Gasteiger partial charge in [-0.3, -0.25) is 0 Å². The molecule has 0 amide bonds. The fraction of sp³-hybridized carbons (Fsp3) is 0.367. The van der Waals surface area contributed by atoms with Crippen LogP contribution in [0.1, 0.15) is 52.0 Å². The van der Waals surface area contributed by atoms with Crippen LogP contribution in [0.3, 0.4) is 0 Å². The van der Waals surface area contributed by atoms with Crippen molar-refractivity contribution in [2.45, 2.75) is 57.4 Å². The van der Waals surface area contributed by atoms with Gasteiger partial charge in [0.25, 0.3) is 5.92 Å². The van der Waals surface area contributed by atoms with E-state index in [0.29, 0.717) is 54.6 Å². The van der Waals surface area contributed by atoms with E-state index < -0.39 is 5.92 Å². The summed E-state index contributed by atoms with van der Waals surface area (Å²) in [7, 11) is 0. The van der Waals surface area contributed by atoms with Gasteiger partial charge < -0.3 is 14.8 Å². The van der Waals surface area contributed by atoms with E-state index in [1.165, 1.54) is 18.0 Å². The molecule has 0 saturated carbocycles. The molecule has 0 radical (unpaired) electrons. The van der Waals surface area contributed by atoms with Gasteiger partial charge in [-0.1, -0.05) is 57.5 Å². The van der Waals surface area contributed by atoms with E-state index in [4.69, 9.17) is 9.72 Å². The van der Waals surface area contributed by atoms with Gasteiger partial charge in [0.1, 0.15) is 16.7 Å². The van der Waals surface area contributed by atoms with E-state index in [1.54, 1.807) is 41.2 Å². The summed E-state index contributed by atoms with van der Waals surface area (Å²) in [6.07, 6.45) is 3.39. The molecule has 1 aliphatic heterocycles. The smallest absolute Gasteiger partial charge is 0.273 e. The first kappa shape index (κ1) is 27.9. The number of hydrogen-bond donors (Lipinski definition) is 2. The van der Waals surface area contributed by atoms with Crippen molar-refractivity contribution in [3.8, 4) is 22.8 Å². The van der Waals surface area contributed by atoms with Crippen molar-refractivity contribution >= 4 is 23.6 Å². The fourth-order valence-corrected chi connectivity index (χ4v) is 5.00. The normalized spacial score (nSPS) is 15.7. The Hall–Kier alpha value is -3.66. The molecule has 0 unspecified atom stereocenters. The van der Waals surface area contributed by atoms with Gasteiger partial charge in [-0.2, -0.15) is 0 Å². The average Bonchev–Trinajstić information content (AvgIpc) is 3.41. The standard InChI is InChI=1S/C30H34F2N6OS/c1-29(2,3)20-39-26-16-19-38(36-26)23-14-15-25-35-28(23)21-10-5-6-11-22(21)30(31,32)17-7-4-8-18-33-24-12-9-13-27(34-24)40-37-25/h5-6,9-16,19H,4,7-8,17-18,20H2,1-3H3,(H,33,34)(H,35,37). The number of anilines is 2. The molecule has 2 N–H and O–H groups in total. The molecule has 0 aliphatic carbocycles. The van der Waals surface area contributed by atoms with Gasteiger partial charge in [0.2, 0.25) is 5.88 Å². The lowest BCUT2D eigenvalue weighted by Gasteiger charge is -2.21. The molecule has 4 heterocycles. The van der Waals surface area contributed by atoms with Crippen LogP contribution in [0.2, 0.25) is 0 Å². The Morgan fingerprint density at radius 1 is 0.950 bits per heavy atom. The molecule has 10 heteroatoms. The van der Waals surface area contributed by atoms with Crippen molar-refractivity contribution in [2.24, 2.45) is 5.41 Å². The van der Waals surface area contributed by atoms with Crippen LogP contribution in [-0.4, -0.2) is 32.9 Å². The maximum Gasteiger partial charge on any atom is 0.273 e. The van der Waals surface area contributed by atoms with Crippen molar-refractivity contribution in [1.29, 1.82) is 0 Å². The SMILES string of the molecule is CC(C)(C)COc1ccn(-c2ccc3nc2-c2ccccc2C(F)(F)CCCCCNc2cccc(n2)SN3)n1. The maximum absolute atomic E-state index is 15.7. The number of nitrogens with zero attached hydrogens (tertiary/aromatic N) is 4. The van der Waals surface area contributed by atoms with Crippen LogP contribution < -0.4 is 14.8 Å². The molecule has 40 heavy (non-hydrogen) atoms. The first-order valence-electron chi connectivity index (χ1n) is 13.5. The highest BCUT2D eigenvalue weighted by Crippen LogP contribution is 2.41. The molecule has 1 aliphatic rings. The minimum absolute atomic E-state index is 0.0318. The van der Waals surface area contributed by atoms with E-state index in [0.717, 1.165) is 17.3 Å². The zero-order valence-electron chi connectivity index (χ0n) is 23.0. The number of rotatable bonds is 3. The molecule has 7 nitrogen and oxygen atoms in total. The summed E-state index contributed by atoms with van der Waals surface area (Å²) < 4.78 is 42.2. The van der Waals surface area contributed by atoms with Crippen molar-refractivity contribution in [2.75, 3.05) is 23.2 Å². The van der Waals surface area contributed by atoms with Crippen molar-refractivity contribution in [3.05, 3.63) is 72.4 Å². The summed E-state index contributed by atoms with van der Waals surface area (Å²) in [4.78, 5) is 9.46. The third kappa shape index (κ3) is 6.91. The summed E-state index contributed by atoms with van der Waals surface area (Å²) in [5, 5.41) is 8.64. The summed E-state index contributed by atoms with van der Waals surface area (Å²) in [5.41, 5.74) is 1.27. The summed E-state index contributed by atoms with van der Waals surface area (Å²) >= 11 is 1.31. The highest BCUT2D eigenvalue weighted by Gasteiger charge is 2.34. The number of ether oxygens (including phenoxy) is 1. The molecule has 0 saturated heterocycles. The molecule has 0 atom stereocenters. The topological polar surface area (TPSA) is 76.9 Å². The van der Waals surface area contributed by atoms with Crippen LogP contribution in [0.5, 0.6) is 5.88 Å². The maximum atomic E-state index is 15.7. The predicted octanol–water partition coefficient (Wildman–Crippen LogP) is 7.95. The van der Waals surface area contributed by atoms with Crippen LogP contribution in [-0.2, 0) is 5.92 Å². The Balaban J connectivity index is 1.57. The van der Waals surface area contributed by atoms with Gasteiger partial charge in [-0.05, 0) is 42.5 Å². The minimum atomic E-state index is -3.02. The molecule has 210 valence electrons. The monoisotopic (exact) mass is 564 g/mol. The van der Waals surface area contributed by atoms with Crippen LogP contribution in [0, 0.1) is 5.41 Å². The van der Waals surface area contributed by atoms with E-state index in [9.17, 15) is 0 Å². The number of alkyl halides is 2. The molecule has 0 fully saturated rings. The van der Waals surface area contributed by atoms with E-state index in [1.807, 2.05) is 24.3 Å². The number of benzene rings is 1. The molecule has 5 rings (SSSR count). The second-order valence-electron chi connectivity index (χ2n) is 11.1. The molecule has 4 bridgehead atoms. The molecule has 1 aromatic carbocycles. The second-order valence-corrected chi connectivity index (χ2v) is 11.9. The highest BCUT2D eigenvalue weighted by atomic mass is 32.2. The number of aromatic nitrogens is 4. The number of halogens is 2. The van der Waals surface area contributed by atoms with Crippen molar-refractivity contribution in [1.82, 2.24) is 19.7 Å². The zero-order valence-corrected chi connectivity index (χ0v) is 23.8. The molecular formula is C30H34F2N6OS.